The summed E-state index contributed by atoms with van der Waals surface area (Å²) in [5, 5.41) is 6.50. The van der Waals surface area contributed by atoms with Crippen molar-refractivity contribution < 1.29 is 9.53 Å². The second-order valence-electron chi connectivity index (χ2n) is 6.45. The number of halogens is 1. The van der Waals surface area contributed by atoms with Crippen molar-refractivity contribution in [2.75, 3.05) is 13.2 Å². The molecule has 23 heavy (non-hydrogen) atoms. The van der Waals surface area contributed by atoms with Crippen LogP contribution in [0, 0.1) is 20.8 Å². The monoisotopic (exact) mass is 340 g/mol. The molecule has 2 rings (SSSR count). The number of nitrogens with one attached hydrogen (secondary N) is 2. The standard InChI is InChI=1S/C18H28N2O2.ClH/c1-12-9-13(2)15(4)17(10-12)22-8-6-18(21)20-16-5-7-19-14(3)11-16;/h9-10,14,16,19H,5-8,11H2,1-4H3,(H,20,21);1H. The summed E-state index contributed by atoms with van der Waals surface area (Å²) in [6.45, 7) is 9.76. The fourth-order valence-corrected chi connectivity index (χ4v) is 2.97. The molecule has 1 amide bonds. The summed E-state index contributed by atoms with van der Waals surface area (Å²) in [7, 11) is 0. The van der Waals surface area contributed by atoms with Crippen LogP contribution >= 0.6 is 12.4 Å². The molecule has 0 radical (unpaired) electrons. The molecule has 1 aromatic rings. The second kappa shape index (κ2) is 9.14. The molecule has 0 aliphatic carbocycles. The Labute approximate surface area is 145 Å². The third-order valence-corrected chi connectivity index (χ3v) is 4.34. The van der Waals surface area contributed by atoms with E-state index < -0.39 is 0 Å². The summed E-state index contributed by atoms with van der Waals surface area (Å²) in [4.78, 5) is 12.0. The zero-order chi connectivity index (χ0) is 16.1. The van der Waals surface area contributed by atoms with Crippen molar-refractivity contribution >= 4 is 18.3 Å². The van der Waals surface area contributed by atoms with E-state index in [0.29, 0.717) is 25.1 Å². The number of aryl methyl sites for hydroxylation is 2. The van der Waals surface area contributed by atoms with Crippen LogP contribution in [0.5, 0.6) is 5.75 Å². The third kappa shape index (κ3) is 6.04. The Kier molecular flexibility index (Phi) is 7.86. The Hall–Kier alpha value is -1.26. The highest BCUT2D eigenvalue weighted by Crippen LogP contribution is 2.23. The average Bonchev–Trinajstić information content (AvgIpc) is 2.44. The number of carbonyl (C=O) groups excluding carboxylic acids is 1. The van der Waals surface area contributed by atoms with Gasteiger partial charge in [-0.3, -0.25) is 4.79 Å². The van der Waals surface area contributed by atoms with Crippen LogP contribution in [0.2, 0.25) is 0 Å². The SMILES string of the molecule is Cc1cc(C)c(C)c(OCCC(=O)NC2CCNC(C)C2)c1.Cl. The van der Waals surface area contributed by atoms with E-state index >= 15 is 0 Å². The van der Waals surface area contributed by atoms with Gasteiger partial charge >= 0.3 is 0 Å². The van der Waals surface area contributed by atoms with E-state index in [2.05, 4.69) is 44.4 Å². The summed E-state index contributed by atoms with van der Waals surface area (Å²) in [5.74, 6) is 0.974. The molecule has 5 heteroatoms. The van der Waals surface area contributed by atoms with Crippen molar-refractivity contribution in [2.45, 2.75) is 59.0 Å². The van der Waals surface area contributed by atoms with E-state index in [1.54, 1.807) is 0 Å². The van der Waals surface area contributed by atoms with Crippen LogP contribution < -0.4 is 15.4 Å². The summed E-state index contributed by atoms with van der Waals surface area (Å²) in [5.41, 5.74) is 3.56. The first-order valence-electron chi connectivity index (χ1n) is 8.19. The smallest absolute Gasteiger partial charge is 0.223 e. The van der Waals surface area contributed by atoms with Gasteiger partial charge in [0.15, 0.2) is 0 Å². The molecule has 0 aromatic heterocycles. The molecule has 1 aliphatic rings. The van der Waals surface area contributed by atoms with Crippen molar-refractivity contribution in [1.29, 1.82) is 0 Å². The van der Waals surface area contributed by atoms with Crippen molar-refractivity contribution in [3.8, 4) is 5.75 Å². The summed E-state index contributed by atoms with van der Waals surface area (Å²) >= 11 is 0. The minimum atomic E-state index is 0. The number of hydrogen-bond donors (Lipinski definition) is 2. The Morgan fingerprint density at radius 1 is 1.35 bits per heavy atom. The maximum atomic E-state index is 12.0. The zero-order valence-electron chi connectivity index (χ0n) is 14.6. The van der Waals surface area contributed by atoms with Gasteiger partial charge in [-0.25, -0.2) is 0 Å². The fourth-order valence-electron chi connectivity index (χ4n) is 2.97. The molecule has 2 N–H and O–H groups in total. The minimum absolute atomic E-state index is 0. The van der Waals surface area contributed by atoms with Crippen LogP contribution in [0.25, 0.3) is 0 Å². The summed E-state index contributed by atoms with van der Waals surface area (Å²) in [6.07, 6.45) is 2.42. The van der Waals surface area contributed by atoms with Crippen molar-refractivity contribution in [1.82, 2.24) is 10.6 Å². The lowest BCUT2D eigenvalue weighted by molar-refractivity contribution is -0.122. The van der Waals surface area contributed by atoms with E-state index in [1.807, 2.05) is 6.07 Å². The lowest BCUT2D eigenvalue weighted by atomic mass is 10.0. The van der Waals surface area contributed by atoms with Crippen LogP contribution in [0.1, 0.15) is 42.9 Å². The largest absolute Gasteiger partial charge is 0.493 e. The predicted octanol–water partition coefficient (Wildman–Crippen LogP) is 3.06. The van der Waals surface area contributed by atoms with Gasteiger partial charge in [0.2, 0.25) is 5.91 Å². The number of rotatable bonds is 5. The van der Waals surface area contributed by atoms with Gasteiger partial charge < -0.3 is 15.4 Å². The number of piperidine rings is 1. The molecular formula is C18H29ClN2O2. The first-order valence-corrected chi connectivity index (χ1v) is 8.19. The van der Waals surface area contributed by atoms with Crippen LogP contribution in [-0.2, 0) is 4.79 Å². The van der Waals surface area contributed by atoms with Gasteiger partial charge in [0.25, 0.3) is 0 Å². The van der Waals surface area contributed by atoms with Crippen molar-refractivity contribution in [2.24, 2.45) is 0 Å². The first-order chi connectivity index (χ1) is 10.5. The number of benzene rings is 1. The summed E-state index contributed by atoms with van der Waals surface area (Å²) in [6, 6.07) is 4.96. The highest BCUT2D eigenvalue weighted by atomic mass is 35.5. The van der Waals surface area contributed by atoms with Gasteiger partial charge in [-0.2, -0.15) is 0 Å². The normalized spacial score (nSPS) is 20.5. The lowest BCUT2D eigenvalue weighted by Gasteiger charge is -2.28. The maximum Gasteiger partial charge on any atom is 0.223 e. The molecule has 2 unspecified atom stereocenters. The topological polar surface area (TPSA) is 50.4 Å². The van der Waals surface area contributed by atoms with Gasteiger partial charge in [0.05, 0.1) is 13.0 Å². The molecular weight excluding hydrogens is 312 g/mol. The highest BCUT2D eigenvalue weighted by molar-refractivity contribution is 5.85. The Balaban J connectivity index is 0.00000264. The highest BCUT2D eigenvalue weighted by Gasteiger charge is 2.19. The quantitative estimate of drug-likeness (QED) is 0.866. The lowest BCUT2D eigenvalue weighted by Crippen LogP contribution is -2.46. The van der Waals surface area contributed by atoms with Gasteiger partial charge in [-0.05, 0) is 69.8 Å². The molecule has 1 aromatic carbocycles. The van der Waals surface area contributed by atoms with Crippen molar-refractivity contribution in [3.63, 3.8) is 0 Å². The van der Waals surface area contributed by atoms with E-state index in [0.717, 1.165) is 30.7 Å². The number of ether oxygens (including phenoxy) is 1. The fraction of sp³-hybridized carbons (Fsp3) is 0.611. The van der Waals surface area contributed by atoms with Crippen LogP contribution in [-0.4, -0.2) is 31.1 Å². The maximum absolute atomic E-state index is 12.0. The second-order valence-corrected chi connectivity index (χ2v) is 6.45. The molecule has 0 saturated carbocycles. The van der Waals surface area contributed by atoms with E-state index in [-0.39, 0.29) is 18.3 Å². The Morgan fingerprint density at radius 3 is 2.78 bits per heavy atom. The molecule has 0 bridgehead atoms. The van der Waals surface area contributed by atoms with E-state index in [1.165, 1.54) is 11.1 Å². The minimum Gasteiger partial charge on any atom is -0.493 e. The Bertz CT molecular complexity index is 534. The van der Waals surface area contributed by atoms with Crippen LogP contribution in [0.3, 0.4) is 0 Å². The van der Waals surface area contributed by atoms with Gasteiger partial charge in [0, 0.05) is 12.1 Å². The Morgan fingerprint density at radius 2 is 2.09 bits per heavy atom. The van der Waals surface area contributed by atoms with Gasteiger partial charge in [-0.15, -0.1) is 12.4 Å². The van der Waals surface area contributed by atoms with Crippen LogP contribution in [0.15, 0.2) is 12.1 Å². The molecule has 1 fully saturated rings. The number of carbonyl (C=O) groups is 1. The molecule has 130 valence electrons. The average molecular weight is 341 g/mol. The van der Waals surface area contributed by atoms with Crippen molar-refractivity contribution in [3.05, 3.63) is 28.8 Å². The van der Waals surface area contributed by atoms with Crippen LogP contribution in [0.4, 0.5) is 0 Å². The number of hydrogen-bond acceptors (Lipinski definition) is 3. The van der Waals surface area contributed by atoms with Gasteiger partial charge in [0.1, 0.15) is 5.75 Å². The third-order valence-electron chi connectivity index (χ3n) is 4.34. The van der Waals surface area contributed by atoms with Gasteiger partial charge in [-0.1, -0.05) is 6.07 Å². The molecule has 4 nitrogen and oxygen atoms in total. The number of amides is 1. The zero-order valence-corrected chi connectivity index (χ0v) is 15.4. The van der Waals surface area contributed by atoms with E-state index in [9.17, 15) is 4.79 Å². The molecule has 0 spiro atoms. The molecule has 1 saturated heterocycles. The first kappa shape index (κ1) is 19.8. The van der Waals surface area contributed by atoms with E-state index in [4.69, 9.17) is 4.74 Å². The predicted molar refractivity (Wildman–Crippen MR) is 96.6 cm³/mol. The molecule has 1 aliphatic heterocycles. The summed E-state index contributed by atoms with van der Waals surface area (Å²) < 4.78 is 5.81. The molecule has 1 heterocycles. The molecule has 2 atom stereocenters.